The van der Waals surface area contributed by atoms with Gasteiger partial charge in [-0.05, 0) is 67.7 Å². The molecule has 1 saturated carbocycles. The molecule has 7 nitrogen and oxygen atoms in total. The number of methoxy groups -OCH3 is 1. The van der Waals surface area contributed by atoms with Crippen LogP contribution in [0.1, 0.15) is 31.2 Å². The first-order valence-electron chi connectivity index (χ1n) is 10.3. The van der Waals surface area contributed by atoms with Crippen molar-refractivity contribution in [2.75, 3.05) is 19.5 Å². The summed E-state index contributed by atoms with van der Waals surface area (Å²) in [4.78, 5) is 4.61. The van der Waals surface area contributed by atoms with E-state index in [4.69, 9.17) is 9.84 Å². The maximum Gasteiger partial charge on any atom is 0.195 e. The van der Waals surface area contributed by atoms with Crippen LogP contribution in [0, 0.1) is 0 Å². The Morgan fingerprint density at radius 1 is 1.17 bits per heavy atom. The summed E-state index contributed by atoms with van der Waals surface area (Å²) in [6.45, 7) is 1.98. The maximum absolute atomic E-state index is 5.61. The maximum atomic E-state index is 5.61. The van der Waals surface area contributed by atoms with Crippen LogP contribution in [0.25, 0.3) is 16.6 Å². The molecule has 1 fully saturated rings. The van der Waals surface area contributed by atoms with Crippen LogP contribution in [0.3, 0.4) is 0 Å². The minimum atomic E-state index is -0.253. The molecule has 3 N–H and O–H groups in total. The van der Waals surface area contributed by atoms with E-state index in [0.29, 0.717) is 0 Å². The van der Waals surface area contributed by atoms with Crippen molar-refractivity contribution in [1.29, 1.82) is 0 Å². The van der Waals surface area contributed by atoms with Crippen molar-refractivity contribution < 1.29 is 4.74 Å². The van der Waals surface area contributed by atoms with Crippen molar-refractivity contribution in [2.24, 2.45) is 4.99 Å². The minimum absolute atomic E-state index is 0.253. The molecule has 0 spiro atoms. The average Bonchev–Trinajstić information content (AvgIpc) is 3.51. The Hall–Kier alpha value is -3.48. The fraction of sp³-hybridized carbons (Fsp3) is 0.304. The van der Waals surface area contributed by atoms with Gasteiger partial charge in [0.2, 0.25) is 0 Å². The summed E-state index contributed by atoms with van der Waals surface area (Å²) in [6.07, 6.45) is 6.39. The van der Waals surface area contributed by atoms with Crippen molar-refractivity contribution in [1.82, 2.24) is 20.4 Å². The van der Waals surface area contributed by atoms with Crippen LogP contribution in [0.15, 0.2) is 59.5 Å². The Bertz CT molecular complexity index is 1160. The summed E-state index contributed by atoms with van der Waals surface area (Å²) in [7, 11) is 3.57. The number of rotatable bonds is 6. The van der Waals surface area contributed by atoms with E-state index in [2.05, 4.69) is 45.3 Å². The smallest absolute Gasteiger partial charge is 0.195 e. The number of allylic oxidation sites excluding steroid dienone is 1. The molecule has 2 heterocycles. The van der Waals surface area contributed by atoms with Crippen molar-refractivity contribution in [3.63, 3.8) is 0 Å². The fourth-order valence-corrected chi connectivity index (χ4v) is 3.84. The highest BCUT2D eigenvalue weighted by atomic mass is 16.5. The summed E-state index contributed by atoms with van der Waals surface area (Å²) in [5.41, 5.74) is 5.16. The number of hydrogen-bond donors (Lipinski definition) is 3. The number of anilines is 1. The first-order valence-corrected chi connectivity index (χ1v) is 10.3. The highest BCUT2D eigenvalue weighted by Gasteiger charge is 2.24. The second kappa shape index (κ2) is 7.40. The number of aromatic nitrogens is 2. The molecule has 0 amide bonds. The van der Waals surface area contributed by atoms with Crippen molar-refractivity contribution in [2.45, 2.75) is 32.0 Å². The lowest BCUT2D eigenvalue weighted by Gasteiger charge is -2.24. The van der Waals surface area contributed by atoms with Gasteiger partial charge in [0, 0.05) is 30.0 Å². The number of benzene rings is 2. The van der Waals surface area contributed by atoms with Gasteiger partial charge in [0.15, 0.2) is 6.29 Å². The second-order valence-electron chi connectivity index (χ2n) is 7.82. The lowest BCUT2D eigenvalue weighted by atomic mass is 10.1. The number of ether oxygens (including phenoxy) is 1. The number of nitrogens with one attached hydrogen (secondary N) is 3. The Balaban J connectivity index is 1.46. The molecule has 154 valence electrons. The van der Waals surface area contributed by atoms with Gasteiger partial charge in [0.05, 0.1) is 12.6 Å². The first-order chi connectivity index (χ1) is 14.6. The average molecular weight is 403 g/mol. The third-order valence-corrected chi connectivity index (χ3v) is 5.55. The highest BCUT2D eigenvalue weighted by Crippen LogP contribution is 2.41. The summed E-state index contributed by atoms with van der Waals surface area (Å²) < 4.78 is 7.51. The molecule has 7 heteroatoms. The number of aliphatic imine (C=N–C) groups is 1. The number of fused-ring (bicyclic) bond motifs is 1. The molecule has 2 aromatic carbocycles. The van der Waals surface area contributed by atoms with E-state index < -0.39 is 0 Å². The predicted octanol–water partition coefficient (Wildman–Crippen LogP) is 3.73. The van der Waals surface area contributed by atoms with Crippen molar-refractivity contribution >= 4 is 22.3 Å². The number of nitrogens with zero attached hydrogens (tertiary/aromatic N) is 3. The van der Waals surface area contributed by atoms with E-state index >= 15 is 0 Å². The van der Waals surface area contributed by atoms with Crippen LogP contribution in [0.2, 0.25) is 0 Å². The van der Waals surface area contributed by atoms with Gasteiger partial charge < -0.3 is 20.7 Å². The van der Waals surface area contributed by atoms with Crippen LogP contribution in [-0.2, 0) is 0 Å². The molecule has 1 aromatic heterocycles. The van der Waals surface area contributed by atoms with Gasteiger partial charge in [-0.2, -0.15) is 5.10 Å². The topological polar surface area (TPSA) is 75.5 Å². The molecule has 0 saturated heterocycles. The van der Waals surface area contributed by atoms with Crippen LogP contribution in [0.4, 0.5) is 5.69 Å². The molecule has 1 atom stereocenters. The SMILES string of the molecule is CNC1=CC(C)=NC(Nc2ccc(OC)c(-n3cc4cc(C5CC5)ccc4n3)c2)N1. The van der Waals surface area contributed by atoms with Gasteiger partial charge >= 0.3 is 0 Å². The normalized spacial score (nSPS) is 18.4. The van der Waals surface area contributed by atoms with Crippen LogP contribution < -0.4 is 20.7 Å². The molecule has 5 rings (SSSR count). The van der Waals surface area contributed by atoms with E-state index in [1.165, 1.54) is 18.4 Å². The fourth-order valence-electron chi connectivity index (χ4n) is 3.84. The van der Waals surface area contributed by atoms with Gasteiger partial charge in [-0.15, -0.1) is 0 Å². The first kappa shape index (κ1) is 18.5. The standard InChI is InChI=1S/C23H26N6O/c1-14-10-22(24-2)27-23(25-14)26-18-7-9-21(30-3)20(12-18)29-13-17-11-16(15-4-5-15)6-8-19(17)28-29/h6-13,15,23-24,26-27H,4-5H2,1-3H3. The van der Waals surface area contributed by atoms with Gasteiger partial charge in [0.25, 0.3) is 0 Å². The molecule has 1 aliphatic heterocycles. The molecule has 1 unspecified atom stereocenters. The van der Waals surface area contributed by atoms with E-state index in [-0.39, 0.29) is 6.29 Å². The van der Waals surface area contributed by atoms with Gasteiger partial charge in [0.1, 0.15) is 17.3 Å². The van der Waals surface area contributed by atoms with Crippen molar-refractivity contribution in [3.05, 3.63) is 60.1 Å². The van der Waals surface area contributed by atoms with Gasteiger partial charge in [-0.1, -0.05) is 6.07 Å². The zero-order valence-corrected chi connectivity index (χ0v) is 17.4. The largest absolute Gasteiger partial charge is 0.494 e. The van der Waals surface area contributed by atoms with Crippen LogP contribution in [0.5, 0.6) is 5.75 Å². The molecule has 30 heavy (non-hydrogen) atoms. The van der Waals surface area contributed by atoms with E-state index in [0.717, 1.165) is 45.5 Å². The Morgan fingerprint density at radius 3 is 2.80 bits per heavy atom. The molecular formula is C23H26N6O. The molecule has 2 aliphatic rings. The van der Waals surface area contributed by atoms with Gasteiger partial charge in [-0.25, -0.2) is 9.67 Å². The molecule has 1 aliphatic carbocycles. The lowest BCUT2D eigenvalue weighted by molar-refractivity contribution is 0.412. The Labute approximate surface area is 175 Å². The molecule has 0 radical (unpaired) electrons. The molecule has 3 aromatic rings. The quantitative estimate of drug-likeness (QED) is 0.586. The van der Waals surface area contributed by atoms with Crippen LogP contribution in [-0.4, -0.2) is 35.9 Å². The lowest BCUT2D eigenvalue weighted by Crippen LogP contribution is -2.41. The molecule has 0 bridgehead atoms. The predicted molar refractivity (Wildman–Crippen MR) is 120 cm³/mol. The van der Waals surface area contributed by atoms with Gasteiger partial charge in [-0.3, -0.25) is 0 Å². The Morgan fingerprint density at radius 2 is 2.03 bits per heavy atom. The monoisotopic (exact) mass is 402 g/mol. The van der Waals surface area contributed by atoms with E-state index in [1.807, 2.05) is 42.9 Å². The zero-order valence-electron chi connectivity index (χ0n) is 17.4. The highest BCUT2D eigenvalue weighted by molar-refractivity contribution is 5.94. The number of hydrogen-bond acceptors (Lipinski definition) is 6. The zero-order chi connectivity index (χ0) is 20.7. The van der Waals surface area contributed by atoms with E-state index in [1.54, 1.807) is 7.11 Å². The third-order valence-electron chi connectivity index (χ3n) is 5.55. The van der Waals surface area contributed by atoms with Crippen molar-refractivity contribution in [3.8, 4) is 11.4 Å². The Kier molecular flexibility index (Phi) is 4.58. The summed E-state index contributed by atoms with van der Waals surface area (Å²) in [6, 6.07) is 12.6. The van der Waals surface area contributed by atoms with Crippen LogP contribution >= 0.6 is 0 Å². The second-order valence-corrected chi connectivity index (χ2v) is 7.82. The minimum Gasteiger partial charge on any atom is -0.494 e. The van der Waals surface area contributed by atoms with E-state index in [9.17, 15) is 0 Å². The summed E-state index contributed by atoms with van der Waals surface area (Å²) >= 11 is 0. The summed E-state index contributed by atoms with van der Waals surface area (Å²) in [5.74, 6) is 2.42. The third kappa shape index (κ3) is 3.58. The summed E-state index contributed by atoms with van der Waals surface area (Å²) in [5, 5.41) is 15.8. The molecular weight excluding hydrogens is 376 g/mol.